The van der Waals surface area contributed by atoms with Crippen LogP contribution in [0.4, 0.5) is 0 Å². The van der Waals surface area contributed by atoms with Crippen LogP contribution in [0.2, 0.25) is 0 Å². The molecule has 0 saturated heterocycles. The predicted molar refractivity (Wildman–Crippen MR) is 124 cm³/mol. The van der Waals surface area contributed by atoms with Crippen molar-refractivity contribution in [2.75, 3.05) is 13.2 Å². The first-order valence-corrected chi connectivity index (χ1v) is 11.1. The zero-order valence-corrected chi connectivity index (χ0v) is 19.7. The standard InChI is InChI=1S/C24H31BrN2O3/c1-5-22(24(29)26-17(2)3)27(14-13-19-9-7-6-8-10-19)23(28)16-30-20-11-12-21(25)18(4)15-20/h6-12,15,17,22H,5,13-14,16H2,1-4H3,(H,26,29)/t22-/m0/s1. The molecule has 6 heteroatoms. The lowest BCUT2D eigenvalue weighted by atomic mass is 10.1. The monoisotopic (exact) mass is 474 g/mol. The molecular formula is C24H31BrN2O3. The quantitative estimate of drug-likeness (QED) is 0.550. The van der Waals surface area contributed by atoms with Crippen molar-refractivity contribution < 1.29 is 14.3 Å². The predicted octanol–water partition coefficient (Wildman–Crippen LogP) is 4.51. The maximum atomic E-state index is 13.1. The maximum absolute atomic E-state index is 13.1. The Morgan fingerprint density at radius 2 is 1.83 bits per heavy atom. The van der Waals surface area contributed by atoms with E-state index < -0.39 is 6.04 Å². The largest absolute Gasteiger partial charge is 0.484 e. The molecule has 2 amide bonds. The van der Waals surface area contributed by atoms with Crippen molar-refractivity contribution in [1.82, 2.24) is 10.2 Å². The zero-order valence-electron chi connectivity index (χ0n) is 18.2. The Labute approximate surface area is 187 Å². The van der Waals surface area contributed by atoms with Crippen molar-refractivity contribution in [3.8, 4) is 5.75 Å². The highest BCUT2D eigenvalue weighted by Crippen LogP contribution is 2.21. The Hall–Kier alpha value is -2.34. The molecule has 1 atom stereocenters. The van der Waals surface area contributed by atoms with Gasteiger partial charge >= 0.3 is 0 Å². The zero-order chi connectivity index (χ0) is 22.1. The van der Waals surface area contributed by atoms with Crippen molar-refractivity contribution in [2.45, 2.75) is 52.6 Å². The molecule has 162 valence electrons. The van der Waals surface area contributed by atoms with E-state index in [4.69, 9.17) is 4.74 Å². The van der Waals surface area contributed by atoms with E-state index in [2.05, 4.69) is 21.2 Å². The Morgan fingerprint density at radius 1 is 1.13 bits per heavy atom. The summed E-state index contributed by atoms with van der Waals surface area (Å²) < 4.78 is 6.74. The van der Waals surface area contributed by atoms with Gasteiger partial charge < -0.3 is 15.0 Å². The molecule has 0 aliphatic heterocycles. The van der Waals surface area contributed by atoms with Gasteiger partial charge in [0.05, 0.1) is 0 Å². The van der Waals surface area contributed by atoms with E-state index in [1.165, 1.54) is 0 Å². The van der Waals surface area contributed by atoms with E-state index >= 15 is 0 Å². The second-order valence-corrected chi connectivity index (χ2v) is 8.46. The third-order valence-corrected chi connectivity index (χ3v) is 5.68. The topological polar surface area (TPSA) is 58.6 Å². The number of amides is 2. The van der Waals surface area contributed by atoms with Gasteiger partial charge in [-0.05, 0) is 62.9 Å². The van der Waals surface area contributed by atoms with Gasteiger partial charge in [-0.25, -0.2) is 0 Å². The number of ether oxygens (including phenoxy) is 1. The Morgan fingerprint density at radius 3 is 2.43 bits per heavy atom. The molecule has 0 aliphatic carbocycles. The number of aryl methyl sites for hydroxylation is 1. The number of hydrogen-bond acceptors (Lipinski definition) is 3. The molecule has 1 N–H and O–H groups in total. The molecule has 0 saturated carbocycles. The SMILES string of the molecule is CC[C@@H](C(=O)NC(C)C)N(CCc1ccccc1)C(=O)COc1ccc(Br)c(C)c1. The lowest BCUT2D eigenvalue weighted by molar-refractivity contribution is -0.142. The van der Waals surface area contributed by atoms with Crippen molar-refractivity contribution in [1.29, 1.82) is 0 Å². The van der Waals surface area contributed by atoms with Gasteiger partial charge in [0.2, 0.25) is 5.91 Å². The van der Waals surface area contributed by atoms with Crippen molar-refractivity contribution in [3.63, 3.8) is 0 Å². The normalized spacial score (nSPS) is 11.8. The number of rotatable bonds is 10. The summed E-state index contributed by atoms with van der Waals surface area (Å²) in [5.74, 6) is 0.303. The van der Waals surface area contributed by atoms with Gasteiger partial charge in [0.15, 0.2) is 6.61 Å². The van der Waals surface area contributed by atoms with E-state index in [1.807, 2.05) is 76.2 Å². The van der Waals surface area contributed by atoms with Crippen LogP contribution in [0.15, 0.2) is 53.0 Å². The molecule has 0 heterocycles. The summed E-state index contributed by atoms with van der Waals surface area (Å²) in [7, 11) is 0. The molecule has 0 spiro atoms. The number of nitrogens with zero attached hydrogens (tertiary/aromatic N) is 1. The van der Waals surface area contributed by atoms with Gasteiger partial charge in [-0.1, -0.05) is 53.2 Å². The Kier molecular flexibility index (Phi) is 9.37. The minimum atomic E-state index is -0.529. The van der Waals surface area contributed by atoms with Gasteiger partial charge in [0.25, 0.3) is 5.91 Å². The average Bonchev–Trinajstić information content (AvgIpc) is 2.71. The second kappa shape index (κ2) is 11.7. The number of carbonyl (C=O) groups excluding carboxylic acids is 2. The highest BCUT2D eigenvalue weighted by atomic mass is 79.9. The van der Waals surface area contributed by atoms with Crippen LogP contribution in [-0.2, 0) is 16.0 Å². The summed E-state index contributed by atoms with van der Waals surface area (Å²) in [5, 5.41) is 2.94. The first kappa shape index (κ1) is 23.9. The van der Waals surface area contributed by atoms with Crippen LogP contribution < -0.4 is 10.1 Å². The molecule has 0 fully saturated rings. The van der Waals surface area contributed by atoms with Crippen molar-refractivity contribution in [2.24, 2.45) is 0 Å². The number of hydrogen-bond donors (Lipinski definition) is 1. The first-order chi connectivity index (χ1) is 14.3. The van der Waals surface area contributed by atoms with Crippen LogP contribution in [0.1, 0.15) is 38.3 Å². The molecule has 2 rings (SSSR count). The number of benzene rings is 2. The molecule has 0 unspecified atom stereocenters. The molecule has 2 aromatic carbocycles. The fraction of sp³-hybridized carbons (Fsp3) is 0.417. The van der Waals surface area contributed by atoms with Crippen LogP contribution in [0.3, 0.4) is 0 Å². The van der Waals surface area contributed by atoms with Gasteiger partial charge in [-0.15, -0.1) is 0 Å². The fourth-order valence-electron chi connectivity index (χ4n) is 3.21. The highest BCUT2D eigenvalue weighted by molar-refractivity contribution is 9.10. The van der Waals surface area contributed by atoms with Crippen LogP contribution in [-0.4, -0.2) is 41.9 Å². The average molecular weight is 475 g/mol. The summed E-state index contributed by atoms with van der Waals surface area (Å²) in [4.78, 5) is 27.5. The lowest BCUT2D eigenvalue weighted by Crippen LogP contribution is -2.52. The van der Waals surface area contributed by atoms with Crippen LogP contribution in [0, 0.1) is 6.92 Å². The van der Waals surface area contributed by atoms with E-state index in [0.29, 0.717) is 25.1 Å². The van der Waals surface area contributed by atoms with Crippen LogP contribution >= 0.6 is 15.9 Å². The smallest absolute Gasteiger partial charge is 0.261 e. The molecule has 5 nitrogen and oxygen atoms in total. The molecule has 0 aromatic heterocycles. The van der Waals surface area contributed by atoms with E-state index in [0.717, 1.165) is 15.6 Å². The van der Waals surface area contributed by atoms with Crippen LogP contribution in [0.25, 0.3) is 0 Å². The minimum Gasteiger partial charge on any atom is -0.484 e. The second-order valence-electron chi connectivity index (χ2n) is 7.61. The summed E-state index contributed by atoms with van der Waals surface area (Å²) >= 11 is 3.46. The highest BCUT2D eigenvalue weighted by Gasteiger charge is 2.28. The summed E-state index contributed by atoms with van der Waals surface area (Å²) in [6.45, 7) is 8.07. The first-order valence-electron chi connectivity index (χ1n) is 10.3. The van der Waals surface area contributed by atoms with Gasteiger partial charge in [0.1, 0.15) is 11.8 Å². The number of halogens is 1. The summed E-state index contributed by atoms with van der Waals surface area (Å²) in [6, 6.07) is 15.1. The molecule has 0 bridgehead atoms. The lowest BCUT2D eigenvalue weighted by Gasteiger charge is -2.31. The Bertz CT molecular complexity index is 840. The van der Waals surface area contributed by atoms with E-state index in [-0.39, 0.29) is 24.5 Å². The molecular weight excluding hydrogens is 444 g/mol. The minimum absolute atomic E-state index is 0.0135. The van der Waals surface area contributed by atoms with Gasteiger partial charge in [-0.2, -0.15) is 0 Å². The maximum Gasteiger partial charge on any atom is 0.261 e. The third-order valence-electron chi connectivity index (χ3n) is 4.79. The van der Waals surface area contributed by atoms with Crippen molar-refractivity contribution in [3.05, 3.63) is 64.1 Å². The number of nitrogens with one attached hydrogen (secondary N) is 1. The molecule has 30 heavy (non-hydrogen) atoms. The third kappa shape index (κ3) is 7.17. The number of carbonyl (C=O) groups is 2. The van der Waals surface area contributed by atoms with E-state index in [9.17, 15) is 9.59 Å². The molecule has 0 aliphatic rings. The molecule has 2 aromatic rings. The van der Waals surface area contributed by atoms with Gasteiger partial charge in [-0.3, -0.25) is 9.59 Å². The van der Waals surface area contributed by atoms with Crippen LogP contribution in [0.5, 0.6) is 5.75 Å². The van der Waals surface area contributed by atoms with Gasteiger partial charge in [0, 0.05) is 17.1 Å². The van der Waals surface area contributed by atoms with E-state index in [1.54, 1.807) is 4.90 Å². The summed E-state index contributed by atoms with van der Waals surface area (Å²) in [5.41, 5.74) is 2.16. The Balaban J connectivity index is 2.13. The summed E-state index contributed by atoms with van der Waals surface area (Å²) in [6.07, 6.45) is 1.21. The molecule has 0 radical (unpaired) electrons. The van der Waals surface area contributed by atoms with Crippen molar-refractivity contribution >= 4 is 27.7 Å². The fourth-order valence-corrected chi connectivity index (χ4v) is 3.46.